The van der Waals surface area contributed by atoms with Gasteiger partial charge in [-0.3, -0.25) is 4.79 Å². The fourth-order valence-electron chi connectivity index (χ4n) is 4.67. The molecule has 0 radical (unpaired) electrons. The van der Waals surface area contributed by atoms with Crippen LogP contribution in [0.3, 0.4) is 0 Å². The van der Waals surface area contributed by atoms with Gasteiger partial charge in [0, 0.05) is 0 Å². The van der Waals surface area contributed by atoms with Crippen LogP contribution in [0.4, 0.5) is 0 Å². The van der Waals surface area contributed by atoms with Gasteiger partial charge in [0.05, 0.1) is 5.41 Å². The SMILES string of the molecule is CN1CCCCCC(C(N)=O)(C2CCCCCCCC2)CC1. The summed E-state index contributed by atoms with van der Waals surface area (Å²) in [4.78, 5) is 14.9. The number of rotatable bonds is 2. The Morgan fingerprint density at radius 3 is 2.09 bits per heavy atom. The van der Waals surface area contributed by atoms with Crippen molar-refractivity contribution in [3.63, 3.8) is 0 Å². The molecule has 1 heterocycles. The van der Waals surface area contributed by atoms with Crippen LogP contribution >= 0.6 is 0 Å². The Balaban J connectivity index is 2.16. The van der Waals surface area contributed by atoms with Crippen LogP contribution in [0.5, 0.6) is 0 Å². The zero-order valence-corrected chi connectivity index (χ0v) is 14.6. The summed E-state index contributed by atoms with van der Waals surface area (Å²) in [5.41, 5.74) is 5.79. The van der Waals surface area contributed by atoms with Gasteiger partial charge in [-0.1, -0.05) is 51.4 Å². The van der Waals surface area contributed by atoms with Crippen molar-refractivity contribution in [2.45, 2.75) is 83.5 Å². The Morgan fingerprint density at radius 2 is 1.45 bits per heavy atom. The average molecular weight is 309 g/mol. The molecular weight excluding hydrogens is 272 g/mol. The van der Waals surface area contributed by atoms with Gasteiger partial charge in [0.15, 0.2) is 0 Å². The van der Waals surface area contributed by atoms with E-state index in [4.69, 9.17) is 5.73 Å². The van der Waals surface area contributed by atoms with Gasteiger partial charge in [-0.05, 0) is 58.2 Å². The maximum Gasteiger partial charge on any atom is 0.223 e. The van der Waals surface area contributed by atoms with Crippen molar-refractivity contribution >= 4 is 5.91 Å². The Hall–Kier alpha value is -0.570. The largest absolute Gasteiger partial charge is 0.369 e. The summed E-state index contributed by atoms with van der Waals surface area (Å²) < 4.78 is 0. The van der Waals surface area contributed by atoms with E-state index in [1.807, 2.05) is 0 Å². The van der Waals surface area contributed by atoms with Crippen LogP contribution < -0.4 is 5.73 Å². The molecule has 2 aliphatic rings. The zero-order chi connectivity index (χ0) is 15.8. The first-order valence-electron chi connectivity index (χ1n) is 9.63. The van der Waals surface area contributed by atoms with Crippen LogP contribution in [0.2, 0.25) is 0 Å². The predicted molar refractivity (Wildman–Crippen MR) is 92.6 cm³/mol. The summed E-state index contributed by atoms with van der Waals surface area (Å²) in [6.45, 7) is 2.19. The number of hydrogen-bond donors (Lipinski definition) is 1. The highest BCUT2D eigenvalue weighted by Crippen LogP contribution is 2.44. The number of primary amides is 1. The molecule has 1 atom stereocenters. The molecule has 1 aliphatic heterocycles. The average Bonchev–Trinajstić information content (AvgIpc) is 2.68. The second-order valence-corrected chi connectivity index (χ2v) is 7.78. The number of carbonyl (C=O) groups is 1. The highest BCUT2D eigenvalue weighted by atomic mass is 16.1. The molecule has 0 bridgehead atoms. The Bertz CT molecular complexity index is 334. The van der Waals surface area contributed by atoms with E-state index in [9.17, 15) is 4.79 Å². The van der Waals surface area contributed by atoms with Crippen molar-refractivity contribution in [3.8, 4) is 0 Å². The highest BCUT2D eigenvalue weighted by Gasteiger charge is 2.43. The zero-order valence-electron chi connectivity index (χ0n) is 14.6. The topological polar surface area (TPSA) is 46.3 Å². The minimum atomic E-state index is -0.233. The van der Waals surface area contributed by atoms with Gasteiger partial charge >= 0.3 is 0 Å². The fraction of sp³-hybridized carbons (Fsp3) is 0.947. The fourth-order valence-corrected chi connectivity index (χ4v) is 4.67. The van der Waals surface area contributed by atoms with Crippen molar-refractivity contribution in [2.24, 2.45) is 17.1 Å². The van der Waals surface area contributed by atoms with Crippen LogP contribution in [0.25, 0.3) is 0 Å². The lowest BCUT2D eigenvalue weighted by molar-refractivity contribution is -0.133. The first-order chi connectivity index (χ1) is 10.6. The lowest BCUT2D eigenvalue weighted by atomic mass is 9.65. The van der Waals surface area contributed by atoms with E-state index in [2.05, 4.69) is 11.9 Å². The van der Waals surface area contributed by atoms with E-state index < -0.39 is 0 Å². The van der Waals surface area contributed by atoms with Gasteiger partial charge in [-0.15, -0.1) is 0 Å². The molecule has 1 saturated heterocycles. The van der Waals surface area contributed by atoms with Crippen LogP contribution in [-0.4, -0.2) is 30.9 Å². The van der Waals surface area contributed by atoms with E-state index in [0.29, 0.717) is 5.92 Å². The summed E-state index contributed by atoms with van der Waals surface area (Å²) in [6, 6.07) is 0. The van der Waals surface area contributed by atoms with Crippen LogP contribution in [0, 0.1) is 11.3 Å². The van der Waals surface area contributed by atoms with E-state index >= 15 is 0 Å². The molecule has 1 amide bonds. The molecule has 0 spiro atoms. The first kappa shape index (κ1) is 17.8. The van der Waals surface area contributed by atoms with Gasteiger partial charge in [-0.2, -0.15) is 0 Å². The monoisotopic (exact) mass is 308 g/mol. The third-order valence-corrected chi connectivity index (χ3v) is 6.23. The molecule has 0 aromatic rings. The quantitative estimate of drug-likeness (QED) is 0.834. The molecule has 1 unspecified atom stereocenters. The Kier molecular flexibility index (Phi) is 7.20. The molecule has 0 aromatic heterocycles. The van der Waals surface area contributed by atoms with Crippen molar-refractivity contribution < 1.29 is 4.79 Å². The smallest absolute Gasteiger partial charge is 0.223 e. The summed E-state index contributed by atoms with van der Waals surface area (Å²) in [5.74, 6) is 0.515. The maximum absolute atomic E-state index is 12.5. The van der Waals surface area contributed by atoms with Gasteiger partial charge in [-0.25, -0.2) is 0 Å². The second kappa shape index (κ2) is 8.90. The molecule has 3 heteroatoms. The third-order valence-electron chi connectivity index (χ3n) is 6.23. The molecule has 2 N–H and O–H groups in total. The van der Waals surface area contributed by atoms with E-state index in [-0.39, 0.29) is 11.3 Å². The standard InChI is InChI=1S/C19H36N2O/c1-21-15-10-6-9-13-19(14-16-21,18(20)22)17-11-7-4-2-3-5-8-12-17/h17H,2-16H2,1H3,(H2,20,22). The number of nitrogens with zero attached hydrogens (tertiary/aromatic N) is 1. The normalized spacial score (nSPS) is 31.1. The molecule has 128 valence electrons. The molecule has 1 aliphatic carbocycles. The number of carbonyl (C=O) groups excluding carboxylic acids is 1. The summed E-state index contributed by atoms with van der Waals surface area (Å²) >= 11 is 0. The minimum absolute atomic E-state index is 0.00736. The van der Waals surface area contributed by atoms with Gasteiger partial charge < -0.3 is 10.6 Å². The molecular formula is C19H36N2O. The van der Waals surface area contributed by atoms with E-state index in [1.54, 1.807) is 0 Å². The van der Waals surface area contributed by atoms with Crippen molar-refractivity contribution in [1.29, 1.82) is 0 Å². The molecule has 22 heavy (non-hydrogen) atoms. The lowest BCUT2D eigenvalue weighted by Gasteiger charge is -2.39. The molecule has 2 fully saturated rings. The van der Waals surface area contributed by atoms with Crippen molar-refractivity contribution in [1.82, 2.24) is 4.90 Å². The number of amides is 1. The summed E-state index contributed by atoms with van der Waals surface area (Å²) in [7, 11) is 2.19. The van der Waals surface area contributed by atoms with Gasteiger partial charge in [0.1, 0.15) is 0 Å². The van der Waals surface area contributed by atoms with E-state index in [1.165, 1.54) is 77.2 Å². The summed E-state index contributed by atoms with van der Waals surface area (Å²) in [5, 5.41) is 0. The summed E-state index contributed by atoms with van der Waals surface area (Å²) in [6.07, 6.45) is 16.1. The highest BCUT2D eigenvalue weighted by molar-refractivity contribution is 5.81. The second-order valence-electron chi connectivity index (χ2n) is 7.78. The lowest BCUT2D eigenvalue weighted by Crippen LogP contribution is -2.45. The van der Waals surface area contributed by atoms with Crippen LogP contribution in [0.15, 0.2) is 0 Å². The first-order valence-corrected chi connectivity index (χ1v) is 9.63. The maximum atomic E-state index is 12.5. The minimum Gasteiger partial charge on any atom is -0.369 e. The van der Waals surface area contributed by atoms with Crippen LogP contribution in [-0.2, 0) is 4.79 Å². The molecule has 2 rings (SSSR count). The number of hydrogen-bond acceptors (Lipinski definition) is 2. The molecule has 1 saturated carbocycles. The van der Waals surface area contributed by atoms with Crippen molar-refractivity contribution in [2.75, 3.05) is 20.1 Å². The Labute approximate surface area is 137 Å². The van der Waals surface area contributed by atoms with Crippen LogP contribution in [0.1, 0.15) is 83.5 Å². The van der Waals surface area contributed by atoms with Gasteiger partial charge in [0.2, 0.25) is 5.91 Å². The third kappa shape index (κ3) is 4.71. The van der Waals surface area contributed by atoms with E-state index in [0.717, 1.165) is 19.4 Å². The van der Waals surface area contributed by atoms with Gasteiger partial charge in [0.25, 0.3) is 0 Å². The Morgan fingerprint density at radius 1 is 0.864 bits per heavy atom. The molecule has 0 aromatic carbocycles. The van der Waals surface area contributed by atoms with Crippen molar-refractivity contribution in [3.05, 3.63) is 0 Å². The predicted octanol–water partition coefficient (Wildman–Crippen LogP) is 4.10. The molecule has 3 nitrogen and oxygen atoms in total. The number of nitrogens with two attached hydrogens (primary N) is 1.